The Kier molecular flexibility index (Phi) is 2.15. The van der Waals surface area contributed by atoms with Crippen molar-refractivity contribution in [3.8, 4) is 0 Å². The van der Waals surface area contributed by atoms with E-state index in [0.29, 0.717) is 23.4 Å². The van der Waals surface area contributed by atoms with Crippen LogP contribution in [0.3, 0.4) is 0 Å². The van der Waals surface area contributed by atoms with Gasteiger partial charge in [0.05, 0.1) is 11.7 Å². The van der Waals surface area contributed by atoms with E-state index in [1.54, 1.807) is 10.6 Å². The van der Waals surface area contributed by atoms with Crippen LogP contribution in [0.5, 0.6) is 0 Å². The number of aromatic nitrogens is 3. The predicted octanol–water partition coefficient (Wildman–Crippen LogP) is 0.702. The number of hydrogen-bond donors (Lipinski definition) is 1. The summed E-state index contributed by atoms with van der Waals surface area (Å²) in [7, 11) is 0. The molecule has 2 N–H and O–H groups in total. The van der Waals surface area contributed by atoms with E-state index in [1.807, 2.05) is 13.8 Å². The highest BCUT2D eigenvalue weighted by molar-refractivity contribution is 5.79. The molecule has 0 aliphatic carbocycles. The first kappa shape index (κ1) is 9.64. The molecule has 0 aliphatic rings. The molecule has 5 heteroatoms. The molecule has 0 fully saturated rings. The van der Waals surface area contributed by atoms with E-state index in [9.17, 15) is 4.79 Å². The molecule has 2 rings (SSSR count). The highest BCUT2D eigenvalue weighted by Crippen LogP contribution is 2.12. The standard InChI is InChI=1S/C10H12N4O/c1-3-14-5-12-9-8(10(14)15)6(2)4-7(11)13-9/h4-5H,3H2,1-2H3,(H2,11,13). The van der Waals surface area contributed by atoms with Crippen LogP contribution in [0.1, 0.15) is 12.5 Å². The molecule has 2 heterocycles. The summed E-state index contributed by atoms with van der Waals surface area (Å²) >= 11 is 0. The van der Waals surface area contributed by atoms with Gasteiger partial charge in [0, 0.05) is 6.54 Å². The summed E-state index contributed by atoms with van der Waals surface area (Å²) in [6, 6.07) is 1.69. The summed E-state index contributed by atoms with van der Waals surface area (Å²) in [5.41, 5.74) is 6.76. The second-order valence-electron chi connectivity index (χ2n) is 3.40. The minimum absolute atomic E-state index is 0.0625. The summed E-state index contributed by atoms with van der Waals surface area (Å²) in [5.74, 6) is 0.390. The third kappa shape index (κ3) is 1.45. The summed E-state index contributed by atoms with van der Waals surface area (Å²) < 4.78 is 1.55. The molecule has 0 unspecified atom stereocenters. The predicted molar refractivity (Wildman–Crippen MR) is 58.6 cm³/mol. The Morgan fingerprint density at radius 3 is 2.93 bits per heavy atom. The lowest BCUT2D eigenvalue weighted by atomic mass is 10.2. The molecule has 5 nitrogen and oxygen atoms in total. The van der Waals surface area contributed by atoms with E-state index in [2.05, 4.69) is 9.97 Å². The average molecular weight is 204 g/mol. The Balaban J connectivity index is 2.93. The molecule has 0 aromatic carbocycles. The molecule has 0 amide bonds. The zero-order chi connectivity index (χ0) is 11.0. The first-order chi connectivity index (χ1) is 7.13. The van der Waals surface area contributed by atoms with Crippen molar-refractivity contribution < 1.29 is 0 Å². The molecule has 78 valence electrons. The maximum atomic E-state index is 11.9. The maximum absolute atomic E-state index is 11.9. The first-order valence-electron chi connectivity index (χ1n) is 4.75. The monoisotopic (exact) mass is 204 g/mol. The highest BCUT2D eigenvalue weighted by atomic mass is 16.1. The topological polar surface area (TPSA) is 73.8 Å². The third-order valence-electron chi connectivity index (χ3n) is 2.35. The van der Waals surface area contributed by atoms with E-state index < -0.39 is 0 Å². The van der Waals surface area contributed by atoms with Crippen molar-refractivity contribution in [1.29, 1.82) is 0 Å². The third-order valence-corrected chi connectivity index (χ3v) is 2.35. The van der Waals surface area contributed by atoms with Gasteiger partial charge in [0.1, 0.15) is 5.82 Å². The largest absolute Gasteiger partial charge is 0.384 e. The molecular weight excluding hydrogens is 192 g/mol. The van der Waals surface area contributed by atoms with E-state index in [4.69, 9.17) is 5.73 Å². The van der Waals surface area contributed by atoms with Gasteiger partial charge in [-0.05, 0) is 25.5 Å². The Labute approximate surface area is 86.6 Å². The van der Waals surface area contributed by atoms with Crippen LogP contribution < -0.4 is 11.3 Å². The number of fused-ring (bicyclic) bond motifs is 1. The van der Waals surface area contributed by atoms with Crippen molar-refractivity contribution in [3.63, 3.8) is 0 Å². The Bertz CT molecular complexity index is 573. The Hall–Kier alpha value is -1.91. The van der Waals surface area contributed by atoms with Gasteiger partial charge in [0.25, 0.3) is 5.56 Å². The van der Waals surface area contributed by atoms with Crippen LogP contribution in [0.2, 0.25) is 0 Å². The van der Waals surface area contributed by atoms with Crippen LogP contribution in [0.15, 0.2) is 17.2 Å². The molecular formula is C10H12N4O. The lowest BCUT2D eigenvalue weighted by Crippen LogP contribution is -2.20. The van der Waals surface area contributed by atoms with Crippen LogP contribution in [0.4, 0.5) is 5.82 Å². The van der Waals surface area contributed by atoms with Gasteiger partial charge < -0.3 is 5.73 Å². The number of pyridine rings is 1. The van der Waals surface area contributed by atoms with Gasteiger partial charge in [-0.2, -0.15) is 0 Å². The van der Waals surface area contributed by atoms with Crippen LogP contribution in [-0.2, 0) is 6.54 Å². The molecule has 0 aliphatic heterocycles. The zero-order valence-corrected chi connectivity index (χ0v) is 8.69. The van der Waals surface area contributed by atoms with Crippen molar-refractivity contribution in [2.24, 2.45) is 0 Å². The molecule has 0 radical (unpaired) electrons. The van der Waals surface area contributed by atoms with Gasteiger partial charge in [-0.1, -0.05) is 0 Å². The van der Waals surface area contributed by atoms with Gasteiger partial charge >= 0.3 is 0 Å². The average Bonchev–Trinajstić information content (AvgIpc) is 2.17. The summed E-state index contributed by atoms with van der Waals surface area (Å²) in [6.07, 6.45) is 1.50. The number of hydrogen-bond acceptors (Lipinski definition) is 4. The molecule has 2 aromatic heterocycles. The van der Waals surface area contributed by atoms with Gasteiger partial charge in [0.2, 0.25) is 0 Å². The minimum atomic E-state index is -0.0625. The molecule has 0 saturated carbocycles. The second-order valence-corrected chi connectivity index (χ2v) is 3.40. The SMILES string of the molecule is CCn1cnc2nc(N)cc(C)c2c1=O. The molecule has 0 spiro atoms. The fourth-order valence-electron chi connectivity index (χ4n) is 1.58. The number of anilines is 1. The van der Waals surface area contributed by atoms with Crippen molar-refractivity contribution in [2.45, 2.75) is 20.4 Å². The van der Waals surface area contributed by atoms with Crippen LogP contribution >= 0.6 is 0 Å². The molecule has 0 saturated heterocycles. The first-order valence-corrected chi connectivity index (χ1v) is 4.75. The quantitative estimate of drug-likeness (QED) is 0.742. The van der Waals surface area contributed by atoms with Crippen molar-refractivity contribution >= 4 is 16.9 Å². The molecule has 0 bridgehead atoms. The fraction of sp³-hybridized carbons (Fsp3) is 0.300. The highest BCUT2D eigenvalue weighted by Gasteiger charge is 2.07. The summed E-state index contributed by atoms with van der Waals surface area (Å²) in [4.78, 5) is 20.1. The van der Waals surface area contributed by atoms with Gasteiger partial charge in [-0.15, -0.1) is 0 Å². The lowest BCUT2D eigenvalue weighted by molar-refractivity contribution is 0.716. The van der Waals surface area contributed by atoms with E-state index in [-0.39, 0.29) is 5.56 Å². The van der Waals surface area contributed by atoms with Crippen LogP contribution in [0.25, 0.3) is 11.0 Å². The summed E-state index contributed by atoms with van der Waals surface area (Å²) in [5, 5.41) is 0.550. The van der Waals surface area contributed by atoms with E-state index >= 15 is 0 Å². The lowest BCUT2D eigenvalue weighted by Gasteiger charge is -2.05. The zero-order valence-electron chi connectivity index (χ0n) is 8.69. The second kappa shape index (κ2) is 3.34. The van der Waals surface area contributed by atoms with Gasteiger partial charge in [-0.25, -0.2) is 9.97 Å². The molecule has 0 atom stereocenters. The number of nitrogen functional groups attached to an aromatic ring is 1. The smallest absolute Gasteiger partial charge is 0.263 e. The Morgan fingerprint density at radius 2 is 2.27 bits per heavy atom. The number of nitrogens with two attached hydrogens (primary N) is 1. The van der Waals surface area contributed by atoms with Crippen LogP contribution in [0, 0.1) is 6.92 Å². The maximum Gasteiger partial charge on any atom is 0.263 e. The molecule has 15 heavy (non-hydrogen) atoms. The number of nitrogens with zero attached hydrogens (tertiary/aromatic N) is 3. The van der Waals surface area contributed by atoms with Gasteiger partial charge in [-0.3, -0.25) is 9.36 Å². The van der Waals surface area contributed by atoms with E-state index in [0.717, 1.165) is 5.56 Å². The normalized spacial score (nSPS) is 10.8. The Morgan fingerprint density at radius 1 is 1.53 bits per heavy atom. The van der Waals surface area contributed by atoms with Gasteiger partial charge in [0.15, 0.2) is 5.65 Å². The van der Waals surface area contributed by atoms with Crippen LogP contribution in [-0.4, -0.2) is 14.5 Å². The van der Waals surface area contributed by atoms with Crippen molar-refractivity contribution in [2.75, 3.05) is 5.73 Å². The number of rotatable bonds is 1. The fourth-order valence-corrected chi connectivity index (χ4v) is 1.58. The number of aryl methyl sites for hydroxylation is 2. The van der Waals surface area contributed by atoms with E-state index in [1.165, 1.54) is 6.33 Å². The molecule has 2 aromatic rings. The summed E-state index contributed by atoms with van der Waals surface area (Å²) in [6.45, 7) is 4.34. The van der Waals surface area contributed by atoms with Crippen molar-refractivity contribution in [1.82, 2.24) is 14.5 Å². The minimum Gasteiger partial charge on any atom is -0.384 e. The van der Waals surface area contributed by atoms with Crippen molar-refractivity contribution in [3.05, 3.63) is 28.3 Å².